The highest BCUT2D eigenvalue weighted by Crippen LogP contribution is 2.46. The molecule has 4 unspecified atom stereocenters. The van der Waals surface area contributed by atoms with Crippen LogP contribution in [-0.4, -0.2) is 34.7 Å². The molecule has 0 aromatic rings. The number of allylic oxidation sites excluding steroid dienone is 3. The lowest BCUT2D eigenvalue weighted by Crippen LogP contribution is -2.44. The first kappa shape index (κ1) is 18.0. The Kier molecular flexibility index (Phi) is 5.59. The molecule has 0 bridgehead atoms. The van der Waals surface area contributed by atoms with Crippen LogP contribution in [0.25, 0.3) is 0 Å². The first-order valence-corrected chi connectivity index (χ1v) is 7.97. The van der Waals surface area contributed by atoms with Crippen LogP contribution in [-0.2, 0) is 19.1 Å². The van der Waals surface area contributed by atoms with Gasteiger partial charge in [-0.3, -0.25) is 9.59 Å². The summed E-state index contributed by atoms with van der Waals surface area (Å²) in [6.07, 6.45) is 7.11. The quantitative estimate of drug-likeness (QED) is 0.571. The molecule has 0 aromatic heterocycles. The van der Waals surface area contributed by atoms with Gasteiger partial charge in [0, 0.05) is 5.57 Å². The minimum absolute atomic E-state index is 0.0357. The molecule has 2 aliphatic carbocycles. The standard InChI is InChI=1S/C18H22O6/c1-10(2)18(23)24-8-7-12-9-11-5-3-4-6-13(11)15(17(21)22)14(12)16(19)20/h3-4,6,11-12,14-15H,1,5,7-9H2,2H3,(H,19,20)(H,21,22). The van der Waals surface area contributed by atoms with Gasteiger partial charge < -0.3 is 14.9 Å². The van der Waals surface area contributed by atoms with E-state index >= 15 is 0 Å². The van der Waals surface area contributed by atoms with Crippen LogP contribution in [0, 0.1) is 23.7 Å². The molecule has 4 atom stereocenters. The van der Waals surface area contributed by atoms with Crippen molar-refractivity contribution in [2.45, 2.75) is 26.2 Å². The number of hydrogen-bond acceptors (Lipinski definition) is 4. The highest BCUT2D eigenvalue weighted by Gasteiger charge is 2.48. The normalized spacial score (nSPS) is 28.5. The van der Waals surface area contributed by atoms with E-state index in [4.69, 9.17) is 4.74 Å². The van der Waals surface area contributed by atoms with Crippen LogP contribution < -0.4 is 0 Å². The lowest BCUT2D eigenvalue weighted by molar-refractivity contribution is -0.157. The molecule has 0 radical (unpaired) electrons. The fraction of sp³-hybridized carbons (Fsp3) is 0.500. The molecule has 0 saturated heterocycles. The van der Waals surface area contributed by atoms with Crippen LogP contribution in [0.5, 0.6) is 0 Å². The largest absolute Gasteiger partial charge is 0.481 e. The number of fused-ring (bicyclic) bond motifs is 1. The molecule has 0 spiro atoms. The molecule has 2 rings (SSSR count). The number of carbonyl (C=O) groups excluding carboxylic acids is 1. The molecule has 2 aliphatic rings. The van der Waals surface area contributed by atoms with E-state index in [0.29, 0.717) is 24.8 Å². The summed E-state index contributed by atoms with van der Waals surface area (Å²) in [6, 6.07) is 0. The molecule has 1 fully saturated rings. The van der Waals surface area contributed by atoms with Crippen molar-refractivity contribution in [1.29, 1.82) is 0 Å². The van der Waals surface area contributed by atoms with E-state index in [9.17, 15) is 24.6 Å². The van der Waals surface area contributed by atoms with E-state index in [1.54, 1.807) is 12.2 Å². The smallest absolute Gasteiger partial charge is 0.333 e. The van der Waals surface area contributed by atoms with Gasteiger partial charge in [0.25, 0.3) is 0 Å². The van der Waals surface area contributed by atoms with Gasteiger partial charge in [-0.05, 0) is 38.0 Å². The zero-order valence-corrected chi connectivity index (χ0v) is 13.6. The number of aliphatic carboxylic acids is 2. The molecule has 0 aliphatic heterocycles. The number of hydrogen-bond donors (Lipinski definition) is 2. The van der Waals surface area contributed by atoms with E-state index < -0.39 is 29.7 Å². The SMILES string of the molecule is C=C(C)C(=O)OCCC1CC2CC=CC=C2C(C(=O)O)C1C(=O)O. The summed E-state index contributed by atoms with van der Waals surface area (Å²) in [5, 5.41) is 19.2. The second-order valence-electron chi connectivity index (χ2n) is 6.41. The van der Waals surface area contributed by atoms with E-state index in [1.807, 2.05) is 6.08 Å². The number of ether oxygens (including phenoxy) is 1. The van der Waals surface area contributed by atoms with Crippen LogP contribution in [0.2, 0.25) is 0 Å². The molecule has 0 heterocycles. The highest BCUT2D eigenvalue weighted by molar-refractivity contribution is 5.87. The second kappa shape index (κ2) is 7.47. The van der Waals surface area contributed by atoms with Gasteiger partial charge in [-0.2, -0.15) is 0 Å². The Morgan fingerprint density at radius 1 is 1.29 bits per heavy atom. The Bertz CT molecular complexity index is 615. The lowest BCUT2D eigenvalue weighted by atomic mass is 9.62. The summed E-state index contributed by atoms with van der Waals surface area (Å²) in [6.45, 7) is 5.09. The van der Waals surface area contributed by atoms with Gasteiger partial charge in [-0.15, -0.1) is 0 Å². The maximum absolute atomic E-state index is 11.7. The number of carboxylic acid groups (broad SMARTS) is 2. The van der Waals surface area contributed by atoms with Crippen molar-refractivity contribution in [2.75, 3.05) is 6.61 Å². The summed E-state index contributed by atoms with van der Waals surface area (Å²) in [4.78, 5) is 34.9. The summed E-state index contributed by atoms with van der Waals surface area (Å²) < 4.78 is 5.06. The van der Waals surface area contributed by atoms with Crippen LogP contribution in [0.4, 0.5) is 0 Å². The van der Waals surface area contributed by atoms with Gasteiger partial charge >= 0.3 is 17.9 Å². The average Bonchev–Trinajstić information content (AvgIpc) is 2.52. The maximum atomic E-state index is 11.7. The van der Waals surface area contributed by atoms with Gasteiger partial charge in [0.15, 0.2) is 0 Å². The minimum Gasteiger partial charge on any atom is -0.481 e. The molecule has 1 saturated carbocycles. The van der Waals surface area contributed by atoms with Crippen molar-refractivity contribution < 1.29 is 29.3 Å². The minimum atomic E-state index is -1.12. The van der Waals surface area contributed by atoms with Gasteiger partial charge in [0.2, 0.25) is 0 Å². The zero-order chi connectivity index (χ0) is 17.9. The Balaban J connectivity index is 2.17. The third kappa shape index (κ3) is 3.75. The summed E-state index contributed by atoms with van der Waals surface area (Å²) in [7, 11) is 0. The van der Waals surface area contributed by atoms with Crippen molar-refractivity contribution in [3.63, 3.8) is 0 Å². The molecule has 130 valence electrons. The van der Waals surface area contributed by atoms with Crippen LogP contribution in [0.3, 0.4) is 0 Å². The topological polar surface area (TPSA) is 101 Å². The monoisotopic (exact) mass is 334 g/mol. The molecule has 6 nitrogen and oxygen atoms in total. The van der Waals surface area contributed by atoms with Gasteiger partial charge in [0.05, 0.1) is 18.4 Å². The lowest BCUT2D eigenvalue weighted by Gasteiger charge is -2.41. The first-order chi connectivity index (χ1) is 11.3. The summed E-state index contributed by atoms with van der Waals surface area (Å²) in [5.74, 6) is -5.12. The van der Waals surface area contributed by atoms with Crippen molar-refractivity contribution >= 4 is 17.9 Å². The van der Waals surface area contributed by atoms with E-state index in [-0.39, 0.29) is 24.0 Å². The highest BCUT2D eigenvalue weighted by atomic mass is 16.5. The fourth-order valence-corrected chi connectivity index (χ4v) is 3.64. The second-order valence-corrected chi connectivity index (χ2v) is 6.41. The molecule has 6 heteroatoms. The van der Waals surface area contributed by atoms with Gasteiger partial charge in [-0.1, -0.05) is 30.4 Å². The predicted molar refractivity (Wildman–Crippen MR) is 86.1 cm³/mol. The number of carboxylic acids is 2. The molecule has 0 amide bonds. The van der Waals surface area contributed by atoms with E-state index in [1.165, 1.54) is 6.92 Å². The first-order valence-electron chi connectivity index (χ1n) is 7.97. The van der Waals surface area contributed by atoms with Crippen LogP contribution >= 0.6 is 0 Å². The van der Waals surface area contributed by atoms with Crippen LogP contribution in [0.1, 0.15) is 26.2 Å². The summed E-state index contributed by atoms with van der Waals surface area (Å²) >= 11 is 0. The fourth-order valence-electron chi connectivity index (χ4n) is 3.64. The Labute approximate surface area is 140 Å². The van der Waals surface area contributed by atoms with E-state index in [2.05, 4.69) is 6.58 Å². The summed E-state index contributed by atoms with van der Waals surface area (Å²) in [5.41, 5.74) is 0.965. The third-order valence-electron chi connectivity index (χ3n) is 4.75. The van der Waals surface area contributed by atoms with Crippen LogP contribution in [0.15, 0.2) is 36.0 Å². The molecule has 24 heavy (non-hydrogen) atoms. The molecular weight excluding hydrogens is 312 g/mol. The molecule has 0 aromatic carbocycles. The number of rotatable bonds is 6. The number of esters is 1. The zero-order valence-electron chi connectivity index (χ0n) is 13.6. The van der Waals surface area contributed by atoms with Gasteiger partial charge in [-0.25, -0.2) is 4.79 Å². The predicted octanol–water partition coefficient (Wildman–Crippen LogP) is 2.42. The Morgan fingerprint density at radius 3 is 2.58 bits per heavy atom. The van der Waals surface area contributed by atoms with Crippen molar-refractivity contribution in [1.82, 2.24) is 0 Å². The maximum Gasteiger partial charge on any atom is 0.333 e. The van der Waals surface area contributed by atoms with Gasteiger partial charge in [0.1, 0.15) is 0 Å². The Morgan fingerprint density at radius 2 is 2.00 bits per heavy atom. The average molecular weight is 334 g/mol. The molecule has 2 N–H and O–H groups in total. The van der Waals surface area contributed by atoms with E-state index in [0.717, 1.165) is 0 Å². The molecular formula is C18H22O6. The van der Waals surface area contributed by atoms with Crippen molar-refractivity contribution in [2.24, 2.45) is 23.7 Å². The Hall–Kier alpha value is -2.37. The third-order valence-corrected chi connectivity index (χ3v) is 4.75. The number of carbonyl (C=O) groups is 3. The van der Waals surface area contributed by atoms with Crippen molar-refractivity contribution in [3.8, 4) is 0 Å². The van der Waals surface area contributed by atoms with Crippen molar-refractivity contribution in [3.05, 3.63) is 36.0 Å².